The zero-order chi connectivity index (χ0) is 18.7. The van der Waals surface area contributed by atoms with Gasteiger partial charge in [0.25, 0.3) is 6.01 Å². The van der Waals surface area contributed by atoms with E-state index < -0.39 is 0 Å². The maximum atomic E-state index is 6.06. The van der Waals surface area contributed by atoms with E-state index in [2.05, 4.69) is 64.6 Å². The summed E-state index contributed by atoms with van der Waals surface area (Å²) >= 11 is 0. The average molecular weight is 366 g/mol. The molecule has 28 heavy (non-hydrogen) atoms. The number of hydrogen-bond donors (Lipinski definition) is 0. The lowest BCUT2D eigenvalue weighted by molar-refractivity contribution is 0.573. The van der Waals surface area contributed by atoms with Crippen molar-refractivity contribution in [2.24, 2.45) is 7.05 Å². The van der Waals surface area contributed by atoms with Crippen molar-refractivity contribution in [3.05, 3.63) is 78.0 Å². The Morgan fingerprint density at radius 1 is 0.929 bits per heavy atom. The molecule has 5 aromatic rings. The van der Waals surface area contributed by atoms with Gasteiger partial charge in [-0.3, -0.25) is 4.68 Å². The summed E-state index contributed by atoms with van der Waals surface area (Å²) < 4.78 is 7.96. The van der Waals surface area contributed by atoms with E-state index in [9.17, 15) is 0 Å². The lowest BCUT2D eigenvalue weighted by atomic mass is 10.0. The Kier molecular flexibility index (Phi) is 3.14. The molecule has 6 rings (SSSR count). The van der Waals surface area contributed by atoms with Crippen LogP contribution in [-0.2, 0) is 20.1 Å². The summed E-state index contributed by atoms with van der Waals surface area (Å²) in [5.41, 5.74) is 7.77. The first kappa shape index (κ1) is 15.5. The van der Waals surface area contributed by atoms with Gasteiger partial charge < -0.3 is 9.32 Å². The van der Waals surface area contributed by atoms with Gasteiger partial charge in [-0.05, 0) is 40.5 Å². The van der Waals surface area contributed by atoms with Crippen LogP contribution < -0.4 is 4.90 Å². The van der Waals surface area contributed by atoms with Crippen molar-refractivity contribution in [3.8, 4) is 11.1 Å². The number of rotatable bonds is 2. The highest BCUT2D eigenvalue weighted by molar-refractivity contribution is 5.96. The van der Waals surface area contributed by atoms with E-state index in [0.29, 0.717) is 6.01 Å². The number of oxazole rings is 1. The zero-order valence-electron chi connectivity index (χ0n) is 15.5. The molecule has 0 aliphatic carbocycles. The number of benzene rings is 3. The van der Waals surface area contributed by atoms with E-state index in [1.54, 1.807) is 0 Å². The van der Waals surface area contributed by atoms with Crippen molar-refractivity contribution in [2.45, 2.75) is 13.1 Å². The van der Waals surface area contributed by atoms with Crippen LogP contribution in [0, 0.1) is 0 Å². The average Bonchev–Trinajstić information content (AvgIpc) is 3.43. The smallest absolute Gasteiger partial charge is 0.298 e. The Balaban J connectivity index is 1.41. The van der Waals surface area contributed by atoms with Crippen molar-refractivity contribution in [1.29, 1.82) is 0 Å². The molecule has 0 N–H and O–H groups in total. The summed E-state index contributed by atoms with van der Waals surface area (Å²) in [7, 11) is 1.97. The Labute approximate surface area is 161 Å². The van der Waals surface area contributed by atoms with Crippen LogP contribution in [-0.4, -0.2) is 14.8 Å². The molecule has 3 aromatic carbocycles. The van der Waals surface area contributed by atoms with Gasteiger partial charge in [-0.1, -0.05) is 42.5 Å². The van der Waals surface area contributed by atoms with Crippen LogP contribution in [0.2, 0.25) is 0 Å². The molecule has 0 amide bonds. The standard InChI is InChI=1S/C23H18N4O/c1-26-21-8-4-7-18(19(21)12-24-26)15-9-10-22-20(11-15)25-23(28-22)27-13-16-5-2-3-6-17(16)14-27/h2-12H,13-14H2,1H3. The summed E-state index contributed by atoms with van der Waals surface area (Å²) in [6, 6.07) is 21.7. The monoisotopic (exact) mass is 366 g/mol. The molecular weight excluding hydrogens is 348 g/mol. The number of fused-ring (bicyclic) bond motifs is 3. The van der Waals surface area contributed by atoms with Gasteiger partial charge in [0.1, 0.15) is 5.52 Å². The predicted octanol–water partition coefficient (Wildman–Crippen LogP) is 4.90. The molecule has 2 aromatic heterocycles. The van der Waals surface area contributed by atoms with Crippen LogP contribution in [0.15, 0.2) is 71.3 Å². The van der Waals surface area contributed by atoms with E-state index in [-0.39, 0.29) is 0 Å². The Morgan fingerprint density at radius 3 is 2.57 bits per heavy atom. The molecule has 0 saturated carbocycles. The normalized spacial score (nSPS) is 13.5. The van der Waals surface area contributed by atoms with Gasteiger partial charge >= 0.3 is 0 Å². The van der Waals surface area contributed by atoms with Gasteiger partial charge in [0.15, 0.2) is 5.58 Å². The van der Waals surface area contributed by atoms with Gasteiger partial charge in [0.05, 0.1) is 11.7 Å². The van der Waals surface area contributed by atoms with E-state index in [1.165, 1.54) is 11.1 Å². The van der Waals surface area contributed by atoms with Crippen molar-refractivity contribution in [2.75, 3.05) is 4.90 Å². The zero-order valence-corrected chi connectivity index (χ0v) is 15.5. The molecule has 1 aliphatic rings. The lowest BCUT2D eigenvalue weighted by Crippen LogP contribution is -2.14. The van der Waals surface area contributed by atoms with Crippen LogP contribution in [0.1, 0.15) is 11.1 Å². The largest absolute Gasteiger partial charge is 0.423 e. The molecule has 0 radical (unpaired) electrons. The Hall–Kier alpha value is -3.60. The fraction of sp³-hybridized carbons (Fsp3) is 0.130. The SMILES string of the molecule is Cn1ncc2c(-c3ccc4oc(N5Cc6ccccc6C5)nc4c3)cccc21. The molecular formula is C23H18N4O. The topological polar surface area (TPSA) is 47.1 Å². The van der Waals surface area contributed by atoms with Crippen molar-refractivity contribution in [1.82, 2.24) is 14.8 Å². The summed E-state index contributed by atoms with van der Waals surface area (Å²) in [4.78, 5) is 6.97. The molecule has 0 unspecified atom stereocenters. The first-order chi connectivity index (χ1) is 13.8. The van der Waals surface area contributed by atoms with Crippen LogP contribution in [0.4, 0.5) is 6.01 Å². The second-order valence-corrected chi connectivity index (χ2v) is 7.31. The third-order valence-electron chi connectivity index (χ3n) is 5.59. The van der Waals surface area contributed by atoms with Gasteiger partial charge in [0, 0.05) is 25.5 Å². The Morgan fingerprint density at radius 2 is 1.75 bits per heavy atom. The van der Waals surface area contributed by atoms with E-state index in [1.807, 2.05) is 24.0 Å². The number of aromatic nitrogens is 3. The van der Waals surface area contributed by atoms with E-state index in [0.717, 1.165) is 46.2 Å². The van der Waals surface area contributed by atoms with Crippen LogP contribution in [0.3, 0.4) is 0 Å². The maximum Gasteiger partial charge on any atom is 0.298 e. The fourth-order valence-electron chi connectivity index (χ4n) is 4.12. The highest BCUT2D eigenvalue weighted by Gasteiger charge is 2.23. The number of aryl methyl sites for hydroxylation is 1. The summed E-state index contributed by atoms with van der Waals surface area (Å²) in [5.74, 6) is 0. The van der Waals surface area contributed by atoms with Gasteiger partial charge in [-0.25, -0.2) is 0 Å². The maximum absolute atomic E-state index is 6.06. The molecule has 0 spiro atoms. The molecule has 5 nitrogen and oxygen atoms in total. The highest BCUT2D eigenvalue weighted by atomic mass is 16.4. The molecule has 0 bridgehead atoms. The third kappa shape index (κ3) is 2.26. The van der Waals surface area contributed by atoms with Crippen LogP contribution in [0.25, 0.3) is 33.1 Å². The molecule has 0 atom stereocenters. The third-order valence-corrected chi connectivity index (χ3v) is 5.59. The first-order valence-corrected chi connectivity index (χ1v) is 9.40. The van der Waals surface area contributed by atoms with Crippen molar-refractivity contribution >= 4 is 28.0 Å². The lowest BCUT2D eigenvalue weighted by Gasteiger charge is -2.10. The van der Waals surface area contributed by atoms with Gasteiger partial charge in [0.2, 0.25) is 0 Å². The molecule has 0 fully saturated rings. The summed E-state index contributed by atoms with van der Waals surface area (Å²) in [6.45, 7) is 1.68. The minimum absolute atomic E-state index is 0.683. The predicted molar refractivity (Wildman–Crippen MR) is 110 cm³/mol. The highest BCUT2D eigenvalue weighted by Crippen LogP contribution is 2.33. The fourth-order valence-corrected chi connectivity index (χ4v) is 4.12. The van der Waals surface area contributed by atoms with Gasteiger partial charge in [-0.15, -0.1) is 0 Å². The minimum Gasteiger partial charge on any atom is -0.423 e. The quantitative estimate of drug-likeness (QED) is 0.446. The number of hydrogen-bond acceptors (Lipinski definition) is 4. The molecule has 3 heterocycles. The minimum atomic E-state index is 0.683. The molecule has 0 saturated heterocycles. The van der Waals surface area contributed by atoms with Crippen molar-refractivity contribution in [3.63, 3.8) is 0 Å². The summed E-state index contributed by atoms with van der Waals surface area (Å²) in [5, 5.41) is 5.54. The first-order valence-electron chi connectivity index (χ1n) is 9.40. The molecule has 1 aliphatic heterocycles. The van der Waals surface area contributed by atoms with E-state index >= 15 is 0 Å². The molecule has 5 heteroatoms. The number of nitrogens with zero attached hydrogens (tertiary/aromatic N) is 4. The van der Waals surface area contributed by atoms with Crippen LogP contribution in [0.5, 0.6) is 0 Å². The Bertz CT molecular complexity index is 1320. The number of anilines is 1. The van der Waals surface area contributed by atoms with Crippen LogP contribution >= 0.6 is 0 Å². The summed E-state index contributed by atoms with van der Waals surface area (Å²) in [6.07, 6.45) is 1.92. The van der Waals surface area contributed by atoms with E-state index in [4.69, 9.17) is 9.40 Å². The van der Waals surface area contributed by atoms with Gasteiger partial charge in [-0.2, -0.15) is 10.1 Å². The second-order valence-electron chi connectivity index (χ2n) is 7.31. The molecule has 136 valence electrons. The second kappa shape index (κ2) is 5.70. The van der Waals surface area contributed by atoms with Crippen molar-refractivity contribution < 1.29 is 4.42 Å².